The molecule has 0 aliphatic carbocycles. The van der Waals surface area contributed by atoms with Crippen LogP contribution >= 0.6 is 0 Å². The van der Waals surface area contributed by atoms with Crippen LogP contribution < -0.4 is 34.7 Å². The number of phenols is 1. The monoisotopic (exact) mass is 622 g/mol. The summed E-state index contributed by atoms with van der Waals surface area (Å²) < 4.78 is 2.26. The third-order valence-corrected chi connectivity index (χ3v) is 8.12. The van der Waals surface area contributed by atoms with Gasteiger partial charge in [-0.25, -0.2) is 4.98 Å². The number of imidazole rings is 1. The number of fused-ring (bicyclic) bond motifs is 1. The van der Waals surface area contributed by atoms with Gasteiger partial charge in [-0.2, -0.15) is 10.2 Å². The predicted molar refractivity (Wildman–Crippen MR) is 168 cm³/mol. The van der Waals surface area contributed by atoms with Crippen LogP contribution in [0.3, 0.4) is 0 Å². The summed E-state index contributed by atoms with van der Waals surface area (Å²) in [6.45, 7) is 4.26. The van der Waals surface area contributed by atoms with Gasteiger partial charge in [0.25, 0.3) is 0 Å². The number of carboxylic acids is 1. The molecular weight excluding hydrogens is 591 g/mol. The molecule has 1 fully saturated rings. The fourth-order valence-electron chi connectivity index (χ4n) is 5.67. The molecule has 1 saturated heterocycles. The SMILES string of the molecule is Cc1nc2cnccc2n1CC1CCN(C(=O)/C=C(\c2ccccc2)c2ccc(N=Nc3ccc(O)c(C(=O)[O-])c3)cc2)CC1.[Na+]. The van der Waals surface area contributed by atoms with E-state index in [1.165, 1.54) is 18.2 Å². The normalized spacial score (nSPS) is 14.0. The summed E-state index contributed by atoms with van der Waals surface area (Å²) in [6.07, 6.45) is 7.13. The van der Waals surface area contributed by atoms with Gasteiger partial charge in [-0.3, -0.25) is 9.78 Å². The van der Waals surface area contributed by atoms with Crippen molar-refractivity contribution < 1.29 is 49.4 Å². The van der Waals surface area contributed by atoms with E-state index in [1.807, 2.05) is 60.4 Å². The van der Waals surface area contributed by atoms with Crippen molar-refractivity contribution in [3.05, 3.63) is 120 Å². The van der Waals surface area contributed by atoms with Gasteiger partial charge in [-0.15, -0.1) is 0 Å². The standard InChI is InChI=1S/C35H32N6O4.Na/c1-23-37-31-21-36-16-13-32(31)41(23)22-24-14-17-40(18-15-24)34(43)20-29(25-5-3-2-4-6-25)26-7-9-27(10-8-26)38-39-28-11-12-33(42)30(19-28)35(44)45;/h2-13,16,19-21,24,42H,14-15,17-18,22H2,1H3,(H,44,45);/q;+1/p-1/b29-20+,39-38?;. The molecule has 1 aliphatic heterocycles. The van der Waals surface area contributed by atoms with Gasteiger partial charge in [0.1, 0.15) is 17.1 Å². The number of carbonyl (C=O) groups excluding carboxylic acids is 2. The molecule has 1 amide bonds. The minimum Gasteiger partial charge on any atom is -0.545 e. The van der Waals surface area contributed by atoms with Crippen LogP contribution in [0.25, 0.3) is 16.6 Å². The van der Waals surface area contributed by atoms with Crippen LogP contribution in [0.4, 0.5) is 11.4 Å². The second kappa shape index (κ2) is 14.6. The third-order valence-electron chi connectivity index (χ3n) is 8.12. The minimum atomic E-state index is -1.50. The van der Waals surface area contributed by atoms with Crippen molar-refractivity contribution in [3.63, 3.8) is 0 Å². The first-order chi connectivity index (χ1) is 21.9. The molecule has 0 saturated carbocycles. The van der Waals surface area contributed by atoms with Crippen LogP contribution in [-0.2, 0) is 11.3 Å². The number of benzene rings is 3. The Bertz CT molecular complexity index is 1910. The summed E-state index contributed by atoms with van der Waals surface area (Å²) in [4.78, 5) is 35.5. The molecule has 0 spiro atoms. The number of piperidine rings is 1. The zero-order valence-corrected chi connectivity index (χ0v) is 27.7. The number of aryl methyl sites for hydroxylation is 1. The Morgan fingerprint density at radius 3 is 2.35 bits per heavy atom. The molecule has 0 radical (unpaired) electrons. The van der Waals surface area contributed by atoms with Gasteiger partial charge in [0.05, 0.1) is 29.1 Å². The maximum Gasteiger partial charge on any atom is 1.00 e. The number of pyridine rings is 1. The van der Waals surface area contributed by atoms with E-state index in [0.29, 0.717) is 24.7 Å². The number of azo groups is 1. The van der Waals surface area contributed by atoms with Gasteiger partial charge in [0.2, 0.25) is 5.91 Å². The summed E-state index contributed by atoms with van der Waals surface area (Å²) in [5.74, 6) is -0.489. The number of aromatic carboxylic acids is 1. The Balaban J connectivity index is 0.00000417. The number of nitrogens with zero attached hydrogens (tertiary/aromatic N) is 6. The van der Waals surface area contributed by atoms with E-state index < -0.39 is 11.7 Å². The average Bonchev–Trinajstić information content (AvgIpc) is 3.38. The average molecular weight is 623 g/mol. The topological polar surface area (TPSA) is 136 Å². The van der Waals surface area contributed by atoms with Crippen LogP contribution in [0, 0.1) is 12.8 Å². The first-order valence-electron chi connectivity index (χ1n) is 14.7. The van der Waals surface area contributed by atoms with Gasteiger partial charge >= 0.3 is 29.6 Å². The smallest absolute Gasteiger partial charge is 0.545 e. The van der Waals surface area contributed by atoms with E-state index in [-0.39, 0.29) is 46.7 Å². The van der Waals surface area contributed by atoms with Gasteiger partial charge in [0, 0.05) is 37.5 Å². The molecule has 3 heterocycles. The van der Waals surface area contributed by atoms with Crippen molar-refractivity contribution >= 4 is 39.9 Å². The third kappa shape index (κ3) is 7.42. The number of carboxylic acid groups (broad SMARTS) is 1. The molecular formula is C35H31N6NaO4. The molecule has 46 heavy (non-hydrogen) atoms. The van der Waals surface area contributed by atoms with Crippen molar-refractivity contribution in [2.24, 2.45) is 16.1 Å². The Morgan fingerprint density at radius 1 is 0.957 bits per heavy atom. The minimum absolute atomic E-state index is 0. The number of aromatic nitrogens is 3. The maximum atomic E-state index is 13.6. The van der Waals surface area contributed by atoms with Crippen LogP contribution in [0.15, 0.2) is 108 Å². The number of rotatable bonds is 8. The molecule has 0 atom stereocenters. The summed E-state index contributed by atoms with van der Waals surface area (Å²) >= 11 is 0. The van der Waals surface area contributed by atoms with Gasteiger partial charge in [0.15, 0.2) is 0 Å². The molecule has 1 aliphatic rings. The molecule has 226 valence electrons. The molecule has 3 aromatic carbocycles. The van der Waals surface area contributed by atoms with E-state index in [4.69, 9.17) is 0 Å². The van der Waals surface area contributed by atoms with E-state index in [2.05, 4.69) is 24.8 Å². The fraction of sp³-hybridized carbons (Fsp3) is 0.200. The largest absolute Gasteiger partial charge is 1.00 e. The second-order valence-electron chi connectivity index (χ2n) is 11.1. The Kier molecular flexibility index (Phi) is 10.4. The molecule has 6 rings (SSSR count). The summed E-state index contributed by atoms with van der Waals surface area (Å²) in [6, 6.07) is 23.0. The van der Waals surface area contributed by atoms with Crippen LogP contribution in [0.5, 0.6) is 5.75 Å². The van der Waals surface area contributed by atoms with Crippen LogP contribution in [-0.4, -0.2) is 49.5 Å². The Hall–Kier alpha value is -4.64. The molecule has 0 unspecified atom stereocenters. The van der Waals surface area contributed by atoms with E-state index in [9.17, 15) is 19.8 Å². The second-order valence-corrected chi connectivity index (χ2v) is 11.1. The number of aromatic hydroxyl groups is 1. The molecule has 1 N–H and O–H groups in total. The maximum absolute atomic E-state index is 13.6. The Labute approximate surface area is 288 Å². The van der Waals surface area contributed by atoms with Crippen molar-refractivity contribution in [1.29, 1.82) is 0 Å². The fourth-order valence-corrected chi connectivity index (χ4v) is 5.67. The molecule has 0 bridgehead atoms. The zero-order chi connectivity index (χ0) is 31.3. The number of hydrogen-bond donors (Lipinski definition) is 1. The van der Waals surface area contributed by atoms with Crippen LogP contribution in [0.1, 0.15) is 40.2 Å². The van der Waals surface area contributed by atoms with Gasteiger partial charge in [-0.05, 0) is 78.8 Å². The number of hydrogen-bond acceptors (Lipinski definition) is 8. The van der Waals surface area contributed by atoms with Gasteiger partial charge in [-0.1, -0.05) is 42.5 Å². The van der Waals surface area contributed by atoms with Gasteiger partial charge < -0.3 is 24.5 Å². The van der Waals surface area contributed by atoms with E-state index in [0.717, 1.165) is 52.9 Å². The summed E-state index contributed by atoms with van der Waals surface area (Å²) in [5, 5.41) is 29.2. The molecule has 2 aromatic heterocycles. The van der Waals surface area contributed by atoms with Crippen molar-refractivity contribution in [2.75, 3.05) is 13.1 Å². The van der Waals surface area contributed by atoms with Crippen molar-refractivity contribution in [2.45, 2.75) is 26.3 Å². The predicted octanol–water partition coefficient (Wildman–Crippen LogP) is 2.60. The quantitative estimate of drug-likeness (QED) is 0.161. The first-order valence-corrected chi connectivity index (χ1v) is 14.7. The molecule has 10 nitrogen and oxygen atoms in total. The number of carbonyl (C=O) groups is 2. The molecule has 11 heteroatoms. The summed E-state index contributed by atoms with van der Waals surface area (Å²) in [7, 11) is 0. The molecule has 5 aromatic rings. The van der Waals surface area contributed by atoms with E-state index in [1.54, 1.807) is 30.6 Å². The zero-order valence-electron chi connectivity index (χ0n) is 25.7. The van der Waals surface area contributed by atoms with Crippen molar-refractivity contribution in [3.8, 4) is 5.75 Å². The van der Waals surface area contributed by atoms with E-state index >= 15 is 0 Å². The number of amides is 1. The Morgan fingerprint density at radius 2 is 1.63 bits per heavy atom. The first kappa shape index (κ1) is 32.7. The van der Waals surface area contributed by atoms with Crippen molar-refractivity contribution in [1.82, 2.24) is 19.4 Å². The summed E-state index contributed by atoms with van der Waals surface area (Å²) in [5.41, 5.74) is 5.03. The van der Waals surface area contributed by atoms with Crippen LogP contribution in [0.2, 0.25) is 0 Å². The number of likely N-dealkylation sites (tertiary alicyclic amines) is 1.